The van der Waals surface area contributed by atoms with E-state index in [1.165, 1.54) is 12.3 Å². The molecule has 188 valence electrons. The van der Waals surface area contributed by atoms with Crippen LogP contribution in [0.15, 0.2) is 30.6 Å². The summed E-state index contributed by atoms with van der Waals surface area (Å²) in [5.74, 6) is 0.441. The molecule has 0 spiro atoms. The van der Waals surface area contributed by atoms with Crippen LogP contribution in [0.2, 0.25) is 0 Å². The van der Waals surface area contributed by atoms with Crippen molar-refractivity contribution in [2.45, 2.75) is 58.5 Å². The number of amides is 1. The number of methoxy groups -OCH3 is 1. The number of carbonyl (C=O) groups is 1. The van der Waals surface area contributed by atoms with Crippen molar-refractivity contribution in [3.63, 3.8) is 0 Å². The fourth-order valence-electron chi connectivity index (χ4n) is 4.44. The predicted molar refractivity (Wildman–Crippen MR) is 131 cm³/mol. The molecule has 8 nitrogen and oxygen atoms in total. The summed E-state index contributed by atoms with van der Waals surface area (Å²) in [6.45, 7) is 7.62. The van der Waals surface area contributed by atoms with Crippen molar-refractivity contribution in [2.75, 3.05) is 26.8 Å². The molecule has 0 N–H and O–H groups in total. The molecule has 1 amide bonds. The predicted octanol–water partition coefficient (Wildman–Crippen LogP) is 4.70. The Morgan fingerprint density at radius 3 is 2.80 bits per heavy atom. The number of rotatable bonds is 7. The van der Waals surface area contributed by atoms with Crippen LogP contribution in [0, 0.1) is 11.7 Å². The highest BCUT2D eigenvalue weighted by Crippen LogP contribution is 2.25. The number of likely N-dealkylation sites (tertiary alicyclic amines) is 1. The Bertz CT molecular complexity index is 1170. The highest BCUT2D eigenvalue weighted by atomic mass is 19.1. The molecule has 0 radical (unpaired) electrons. The zero-order valence-electron chi connectivity index (χ0n) is 21.0. The van der Waals surface area contributed by atoms with Gasteiger partial charge in [-0.1, -0.05) is 0 Å². The first-order valence-corrected chi connectivity index (χ1v) is 12.2. The Labute approximate surface area is 205 Å². The molecule has 1 atom stereocenters. The first-order chi connectivity index (χ1) is 16.7. The van der Waals surface area contributed by atoms with E-state index in [1.807, 2.05) is 26.8 Å². The van der Waals surface area contributed by atoms with Gasteiger partial charge in [-0.2, -0.15) is 0 Å². The molecular formula is C26H34FN5O3. The highest BCUT2D eigenvalue weighted by Gasteiger charge is 2.28. The van der Waals surface area contributed by atoms with Crippen molar-refractivity contribution in [1.82, 2.24) is 24.3 Å². The topological polar surface area (TPSA) is 81.8 Å². The number of ether oxygens (including phenoxy) is 2. The molecule has 1 aliphatic heterocycles. The molecule has 0 saturated carbocycles. The Morgan fingerprint density at radius 2 is 2.03 bits per heavy atom. The number of piperidine rings is 1. The molecule has 0 aliphatic carbocycles. The normalized spacial score (nSPS) is 16.6. The summed E-state index contributed by atoms with van der Waals surface area (Å²) in [6, 6.07) is 5.06. The Balaban J connectivity index is 1.58. The van der Waals surface area contributed by atoms with Gasteiger partial charge in [0.15, 0.2) is 5.82 Å². The molecule has 9 heteroatoms. The van der Waals surface area contributed by atoms with Crippen LogP contribution in [-0.2, 0) is 22.3 Å². The van der Waals surface area contributed by atoms with Crippen LogP contribution in [0.3, 0.4) is 0 Å². The van der Waals surface area contributed by atoms with Crippen LogP contribution in [-0.4, -0.2) is 62.8 Å². The Hall–Kier alpha value is -3.07. The maximum atomic E-state index is 13.9. The number of hydrogen-bond acceptors (Lipinski definition) is 6. The number of halogens is 1. The van der Waals surface area contributed by atoms with Gasteiger partial charge in [0, 0.05) is 44.4 Å². The molecule has 0 unspecified atom stereocenters. The van der Waals surface area contributed by atoms with E-state index in [4.69, 9.17) is 19.4 Å². The third kappa shape index (κ3) is 6.54. The summed E-state index contributed by atoms with van der Waals surface area (Å²) < 4.78 is 26.4. The lowest BCUT2D eigenvalue weighted by Crippen LogP contribution is -2.43. The summed E-state index contributed by atoms with van der Waals surface area (Å²) in [5.41, 5.74) is 2.58. The van der Waals surface area contributed by atoms with Crippen LogP contribution >= 0.6 is 0 Å². The van der Waals surface area contributed by atoms with E-state index in [0.717, 1.165) is 43.5 Å². The molecule has 0 aromatic carbocycles. The number of imidazole rings is 1. The van der Waals surface area contributed by atoms with E-state index in [1.54, 1.807) is 28.7 Å². The lowest BCUT2D eigenvalue weighted by molar-refractivity contribution is 0.0165. The van der Waals surface area contributed by atoms with Crippen molar-refractivity contribution in [3.8, 4) is 11.5 Å². The van der Waals surface area contributed by atoms with Crippen molar-refractivity contribution < 1.29 is 18.7 Å². The summed E-state index contributed by atoms with van der Waals surface area (Å²) in [4.78, 5) is 28.4. The Morgan fingerprint density at radius 1 is 1.23 bits per heavy atom. The van der Waals surface area contributed by atoms with Crippen LogP contribution < -0.4 is 0 Å². The average molecular weight is 484 g/mol. The molecule has 3 aromatic heterocycles. The first-order valence-electron chi connectivity index (χ1n) is 12.2. The molecule has 1 aliphatic rings. The number of hydrogen-bond donors (Lipinski definition) is 0. The van der Waals surface area contributed by atoms with Gasteiger partial charge in [-0.3, -0.25) is 4.40 Å². The van der Waals surface area contributed by atoms with Crippen molar-refractivity contribution in [2.24, 2.45) is 5.92 Å². The van der Waals surface area contributed by atoms with Gasteiger partial charge < -0.3 is 14.4 Å². The number of pyridine rings is 1. The van der Waals surface area contributed by atoms with Gasteiger partial charge in [0.1, 0.15) is 22.8 Å². The molecule has 0 bridgehead atoms. The molecule has 35 heavy (non-hydrogen) atoms. The van der Waals surface area contributed by atoms with Crippen LogP contribution in [0.4, 0.5) is 9.18 Å². The monoisotopic (exact) mass is 483 g/mol. The molecular weight excluding hydrogens is 449 g/mol. The summed E-state index contributed by atoms with van der Waals surface area (Å²) in [5, 5.41) is 0. The average Bonchev–Trinajstić information content (AvgIpc) is 3.21. The van der Waals surface area contributed by atoms with Gasteiger partial charge in [-0.05, 0) is 77.0 Å². The van der Waals surface area contributed by atoms with Crippen LogP contribution in [0.5, 0.6) is 0 Å². The van der Waals surface area contributed by atoms with Gasteiger partial charge in [0.05, 0.1) is 6.20 Å². The van der Waals surface area contributed by atoms with Crippen LogP contribution in [0.1, 0.15) is 51.4 Å². The van der Waals surface area contributed by atoms with Gasteiger partial charge >= 0.3 is 6.09 Å². The van der Waals surface area contributed by atoms with E-state index in [0.29, 0.717) is 36.9 Å². The SMILES string of the molecule is COCCCc1cc(C[C@@H]2CCCN(C(=O)OC(C)(C)C)C2)nc(-c2cnc3ccc(F)cn23)n1. The first kappa shape index (κ1) is 25.0. The van der Waals surface area contributed by atoms with Gasteiger partial charge in [0.25, 0.3) is 0 Å². The van der Waals surface area contributed by atoms with Gasteiger partial charge in [-0.15, -0.1) is 0 Å². The number of carbonyl (C=O) groups excluding carboxylic acids is 1. The maximum absolute atomic E-state index is 13.9. The lowest BCUT2D eigenvalue weighted by Gasteiger charge is -2.34. The third-order valence-electron chi connectivity index (χ3n) is 5.98. The quantitative estimate of drug-likeness (QED) is 0.453. The zero-order chi connectivity index (χ0) is 25.0. The van der Waals surface area contributed by atoms with Crippen molar-refractivity contribution in [1.29, 1.82) is 0 Å². The minimum absolute atomic E-state index is 0.265. The number of aromatic nitrogens is 4. The minimum Gasteiger partial charge on any atom is -0.444 e. The van der Waals surface area contributed by atoms with Gasteiger partial charge in [-0.25, -0.2) is 24.1 Å². The summed E-state index contributed by atoms with van der Waals surface area (Å²) in [7, 11) is 1.68. The lowest BCUT2D eigenvalue weighted by atomic mass is 9.93. The Kier molecular flexibility index (Phi) is 7.64. The summed E-state index contributed by atoms with van der Waals surface area (Å²) >= 11 is 0. The second-order valence-corrected chi connectivity index (χ2v) is 10.1. The van der Waals surface area contributed by atoms with Gasteiger partial charge in [0.2, 0.25) is 0 Å². The smallest absolute Gasteiger partial charge is 0.410 e. The third-order valence-corrected chi connectivity index (χ3v) is 5.98. The molecule has 4 heterocycles. The molecule has 4 rings (SSSR count). The summed E-state index contributed by atoms with van der Waals surface area (Å²) in [6.07, 6.45) is 7.05. The van der Waals surface area contributed by atoms with E-state index < -0.39 is 5.60 Å². The molecule has 3 aromatic rings. The molecule has 1 saturated heterocycles. The van der Waals surface area contributed by atoms with E-state index in [2.05, 4.69) is 4.98 Å². The second-order valence-electron chi connectivity index (χ2n) is 10.1. The minimum atomic E-state index is -0.518. The highest BCUT2D eigenvalue weighted by molar-refractivity contribution is 5.68. The number of aryl methyl sites for hydroxylation is 1. The number of nitrogens with zero attached hydrogens (tertiary/aromatic N) is 5. The van der Waals surface area contributed by atoms with E-state index >= 15 is 0 Å². The second kappa shape index (κ2) is 10.7. The fraction of sp³-hybridized carbons (Fsp3) is 0.538. The van der Waals surface area contributed by atoms with Crippen LogP contribution in [0.25, 0.3) is 17.2 Å². The van der Waals surface area contributed by atoms with E-state index in [9.17, 15) is 9.18 Å². The standard InChI is InChI=1S/C26H34FN5O3/c1-26(2,3)35-25(33)31-11-5-7-18(16-31)13-21-14-20(8-6-12-34-4)29-24(30-21)22-15-28-23-10-9-19(27)17-32(22)23/h9-10,14-15,17-18H,5-8,11-13,16H2,1-4H3/t18-/m0/s1. The molecule has 1 fully saturated rings. The largest absolute Gasteiger partial charge is 0.444 e. The fourth-order valence-corrected chi connectivity index (χ4v) is 4.44. The maximum Gasteiger partial charge on any atom is 0.410 e. The van der Waals surface area contributed by atoms with E-state index in [-0.39, 0.29) is 17.8 Å². The van der Waals surface area contributed by atoms with Crippen molar-refractivity contribution >= 4 is 11.7 Å². The van der Waals surface area contributed by atoms with Crippen molar-refractivity contribution in [3.05, 3.63) is 47.8 Å². The zero-order valence-corrected chi connectivity index (χ0v) is 21.0. The number of fused-ring (bicyclic) bond motifs is 1.